The fourth-order valence-electron chi connectivity index (χ4n) is 3.64. The van der Waals surface area contributed by atoms with E-state index in [4.69, 9.17) is 0 Å². The summed E-state index contributed by atoms with van der Waals surface area (Å²) in [6.45, 7) is 0.531. The number of pyridine rings is 1. The average molecular weight is 338 g/mol. The highest BCUT2D eigenvalue weighted by molar-refractivity contribution is 5.77. The highest BCUT2D eigenvalue weighted by Gasteiger charge is 2.22. The summed E-state index contributed by atoms with van der Waals surface area (Å²) in [7, 11) is 0. The Morgan fingerprint density at radius 3 is 2.88 bits per heavy atom. The van der Waals surface area contributed by atoms with Crippen molar-refractivity contribution in [1.82, 2.24) is 10.3 Å². The molecule has 4 heteroatoms. The van der Waals surface area contributed by atoms with Gasteiger partial charge in [-0.3, -0.25) is 9.78 Å². The second kappa shape index (κ2) is 8.77. The summed E-state index contributed by atoms with van der Waals surface area (Å²) >= 11 is 0. The van der Waals surface area contributed by atoms with E-state index in [9.17, 15) is 9.90 Å². The molecule has 1 aliphatic rings. The standard InChI is InChI=1S/C21H26N2O2/c24-15-16(12-19-9-3-4-11-22-19)14-23-21(25)13-18-8-5-7-17-6-1-2-10-20(17)18/h1-4,6,9-11,16,18,24H,5,7-8,12-15H2,(H,23,25). The van der Waals surface area contributed by atoms with Crippen LogP contribution in [0.15, 0.2) is 48.7 Å². The van der Waals surface area contributed by atoms with Crippen molar-refractivity contribution in [3.05, 3.63) is 65.5 Å². The molecule has 2 aromatic rings. The van der Waals surface area contributed by atoms with Gasteiger partial charge in [0.2, 0.25) is 5.91 Å². The van der Waals surface area contributed by atoms with Crippen molar-refractivity contribution in [2.75, 3.05) is 13.2 Å². The van der Waals surface area contributed by atoms with Crippen LogP contribution >= 0.6 is 0 Å². The molecule has 0 aliphatic heterocycles. The van der Waals surface area contributed by atoms with E-state index in [1.807, 2.05) is 18.2 Å². The largest absolute Gasteiger partial charge is 0.396 e. The van der Waals surface area contributed by atoms with Gasteiger partial charge in [-0.05, 0) is 54.9 Å². The quantitative estimate of drug-likeness (QED) is 0.816. The van der Waals surface area contributed by atoms with Crippen molar-refractivity contribution in [2.45, 2.75) is 38.0 Å². The summed E-state index contributed by atoms with van der Waals surface area (Å²) in [6, 6.07) is 14.2. The molecule has 25 heavy (non-hydrogen) atoms. The number of fused-ring (bicyclic) bond motifs is 1. The lowest BCUT2D eigenvalue weighted by Crippen LogP contribution is -2.33. The number of benzene rings is 1. The number of hydrogen-bond donors (Lipinski definition) is 2. The topological polar surface area (TPSA) is 62.2 Å². The lowest BCUT2D eigenvalue weighted by Gasteiger charge is -2.25. The number of nitrogens with one attached hydrogen (secondary N) is 1. The van der Waals surface area contributed by atoms with Crippen molar-refractivity contribution in [3.8, 4) is 0 Å². The van der Waals surface area contributed by atoms with Gasteiger partial charge in [-0.25, -0.2) is 0 Å². The minimum atomic E-state index is -0.00232. The Hall–Kier alpha value is -2.20. The second-order valence-electron chi connectivity index (χ2n) is 6.87. The van der Waals surface area contributed by atoms with Gasteiger partial charge in [0.15, 0.2) is 0 Å². The van der Waals surface area contributed by atoms with Gasteiger partial charge in [0, 0.05) is 37.4 Å². The third-order valence-electron chi connectivity index (χ3n) is 5.00. The van der Waals surface area contributed by atoms with E-state index in [-0.39, 0.29) is 18.4 Å². The first-order chi connectivity index (χ1) is 12.3. The van der Waals surface area contributed by atoms with Gasteiger partial charge < -0.3 is 10.4 Å². The molecule has 0 saturated carbocycles. The minimum Gasteiger partial charge on any atom is -0.396 e. The SMILES string of the molecule is O=C(CC1CCCc2ccccc21)NCC(CO)Cc1ccccn1. The van der Waals surface area contributed by atoms with Crippen molar-refractivity contribution in [2.24, 2.45) is 5.92 Å². The number of aliphatic hydroxyl groups is 1. The molecular formula is C21H26N2O2. The van der Waals surface area contributed by atoms with Crippen molar-refractivity contribution >= 4 is 5.91 Å². The molecule has 0 bridgehead atoms. The number of nitrogens with zero attached hydrogens (tertiary/aromatic N) is 1. The Morgan fingerprint density at radius 1 is 1.24 bits per heavy atom. The molecule has 1 amide bonds. The van der Waals surface area contributed by atoms with E-state index in [1.54, 1.807) is 6.20 Å². The molecule has 2 N–H and O–H groups in total. The van der Waals surface area contributed by atoms with Crippen LogP contribution < -0.4 is 5.32 Å². The zero-order chi connectivity index (χ0) is 17.5. The number of aryl methyl sites for hydroxylation is 1. The lowest BCUT2D eigenvalue weighted by molar-refractivity contribution is -0.121. The fraction of sp³-hybridized carbons (Fsp3) is 0.429. The van der Waals surface area contributed by atoms with E-state index in [2.05, 4.69) is 34.6 Å². The molecule has 2 unspecified atom stereocenters. The first kappa shape index (κ1) is 17.6. The maximum absolute atomic E-state index is 12.4. The third-order valence-corrected chi connectivity index (χ3v) is 5.00. The summed E-state index contributed by atoms with van der Waals surface area (Å²) in [6.07, 6.45) is 6.28. The smallest absolute Gasteiger partial charge is 0.220 e. The highest BCUT2D eigenvalue weighted by atomic mass is 16.3. The number of amides is 1. The zero-order valence-corrected chi connectivity index (χ0v) is 14.5. The van der Waals surface area contributed by atoms with Gasteiger partial charge in [0.1, 0.15) is 0 Å². The van der Waals surface area contributed by atoms with Gasteiger partial charge >= 0.3 is 0 Å². The maximum Gasteiger partial charge on any atom is 0.220 e. The molecule has 1 aromatic carbocycles. The Morgan fingerprint density at radius 2 is 2.08 bits per heavy atom. The van der Waals surface area contributed by atoms with Crippen LogP contribution in [0.25, 0.3) is 0 Å². The number of rotatable bonds is 7. The Bertz CT molecular complexity index is 687. The Kier molecular flexibility index (Phi) is 6.18. The molecular weight excluding hydrogens is 312 g/mol. The van der Waals surface area contributed by atoms with Gasteiger partial charge in [-0.1, -0.05) is 30.3 Å². The monoisotopic (exact) mass is 338 g/mol. The number of carbonyl (C=O) groups excluding carboxylic acids is 1. The van der Waals surface area contributed by atoms with Gasteiger partial charge in [0.05, 0.1) is 0 Å². The van der Waals surface area contributed by atoms with Gasteiger partial charge in [0.25, 0.3) is 0 Å². The first-order valence-corrected chi connectivity index (χ1v) is 9.11. The normalized spacial score (nSPS) is 17.6. The zero-order valence-electron chi connectivity index (χ0n) is 14.5. The lowest BCUT2D eigenvalue weighted by atomic mass is 9.81. The predicted octanol–water partition coefficient (Wildman–Crippen LogP) is 2.86. The van der Waals surface area contributed by atoms with Crippen molar-refractivity contribution in [3.63, 3.8) is 0 Å². The number of aliphatic hydroxyl groups excluding tert-OH is 1. The molecule has 132 valence electrons. The molecule has 1 heterocycles. The molecule has 0 spiro atoms. The maximum atomic E-state index is 12.4. The van der Waals surface area contributed by atoms with E-state index in [0.717, 1.165) is 25.0 Å². The van der Waals surface area contributed by atoms with E-state index >= 15 is 0 Å². The van der Waals surface area contributed by atoms with Crippen molar-refractivity contribution in [1.29, 1.82) is 0 Å². The van der Waals surface area contributed by atoms with E-state index in [0.29, 0.717) is 25.3 Å². The molecule has 0 fully saturated rings. The summed E-state index contributed by atoms with van der Waals surface area (Å²) in [5, 5.41) is 12.6. The molecule has 0 saturated heterocycles. The number of aromatic nitrogens is 1. The molecule has 4 nitrogen and oxygen atoms in total. The fourth-order valence-corrected chi connectivity index (χ4v) is 3.64. The van der Waals surface area contributed by atoms with Gasteiger partial charge in [-0.2, -0.15) is 0 Å². The Balaban J connectivity index is 1.51. The Labute approximate surface area is 149 Å². The molecule has 2 atom stereocenters. The average Bonchev–Trinajstić information content (AvgIpc) is 2.66. The predicted molar refractivity (Wildman–Crippen MR) is 98.3 cm³/mol. The van der Waals surface area contributed by atoms with Crippen LogP contribution in [-0.4, -0.2) is 29.1 Å². The minimum absolute atomic E-state index is 0.00232. The number of hydrogen-bond acceptors (Lipinski definition) is 3. The third kappa shape index (κ3) is 4.89. The molecule has 1 aromatic heterocycles. The van der Waals surface area contributed by atoms with Gasteiger partial charge in [-0.15, -0.1) is 0 Å². The van der Waals surface area contributed by atoms with Crippen LogP contribution in [0.4, 0.5) is 0 Å². The summed E-state index contributed by atoms with van der Waals surface area (Å²) in [4.78, 5) is 16.7. The highest BCUT2D eigenvalue weighted by Crippen LogP contribution is 2.33. The van der Waals surface area contributed by atoms with Crippen molar-refractivity contribution < 1.29 is 9.90 Å². The van der Waals surface area contributed by atoms with E-state index in [1.165, 1.54) is 11.1 Å². The number of carbonyl (C=O) groups is 1. The summed E-state index contributed by atoms with van der Waals surface area (Å²) in [5.74, 6) is 0.381. The van der Waals surface area contributed by atoms with Crippen LogP contribution in [0.5, 0.6) is 0 Å². The molecule has 3 rings (SSSR count). The summed E-state index contributed by atoms with van der Waals surface area (Å²) < 4.78 is 0. The van der Waals surface area contributed by atoms with Crippen LogP contribution in [0.3, 0.4) is 0 Å². The second-order valence-corrected chi connectivity index (χ2v) is 6.87. The van der Waals surface area contributed by atoms with Crippen LogP contribution in [-0.2, 0) is 17.6 Å². The van der Waals surface area contributed by atoms with Crippen LogP contribution in [0, 0.1) is 5.92 Å². The molecule has 0 radical (unpaired) electrons. The van der Waals surface area contributed by atoms with E-state index < -0.39 is 0 Å². The molecule has 1 aliphatic carbocycles. The van der Waals surface area contributed by atoms with Crippen LogP contribution in [0.2, 0.25) is 0 Å². The summed E-state index contributed by atoms with van der Waals surface area (Å²) in [5.41, 5.74) is 3.66. The van der Waals surface area contributed by atoms with Crippen LogP contribution in [0.1, 0.15) is 42.0 Å². The first-order valence-electron chi connectivity index (χ1n) is 9.11.